The zero-order valence-electron chi connectivity index (χ0n) is 16.9. The monoisotopic (exact) mass is 464 g/mol. The summed E-state index contributed by atoms with van der Waals surface area (Å²) in [5, 5.41) is 11.2. The molecule has 1 aromatic rings. The molecular weight excluding hydrogens is 427 g/mol. The van der Waals surface area contributed by atoms with Crippen molar-refractivity contribution in [1.29, 1.82) is 0 Å². The highest BCUT2D eigenvalue weighted by Crippen LogP contribution is 2.17. The molecule has 0 aromatic carbocycles. The van der Waals surface area contributed by atoms with Gasteiger partial charge in [0.1, 0.15) is 0 Å². The van der Waals surface area contributed by atoms with Crippen LogP contribution >= 0.6 is 24.0 Å². The molecule has 1 heterocycles. The van der Waals surface area contributed by atoms with Crippen LogP contribution in [-0.4, -0.2) is 53.9 Å². The third kappa shape index (κ3) is 9.44. The van der Waals surface area contributed by atoms with Gasteiger partial charge in [-0.1, -0.05) is 13.8 Å². The summed E-state index contributed by atoms with van der Waals surface area (Å²) in [6, 6.07) is 0.640. The van der Waals surface area contributed by atoms with Crippen LogP contribution in [0.2, 0.25) is 0 Å². The van der Waals surface area contributed by atoms with E-state index in [-0.39, 0.29) is 30.0 Å². The van der Waals surface area contributed by atoms with Gasteiger partial charge in [0.15, 0.2) is 5.96 Å². The molecule has 1 aromatic heterocycles. The predicted molar refractivity (Wildman–Crippen MR) is 118 cm³/mol. The second kappa shape index (κ2) is 12.5. The largest absolute Gasteiger partial charge is 0.357 e. The fourth-order valence-electron chi connectivity index (χ4n) is 2.57. The third-order valence-corrected chi connectivity index (χ3v) is 4.06. The molecule has 2 atom stereocenters. The highest BCUT2D eigenvalue weighted by molar-refractivity contribution is 14.0. The van der Waals surface area contributed by atoms with E-state index in [1.54, 1.807) is 0 Å². The fraction of sp³-hybridized carbons (Fsp3) is 0.778. The summed E-state index contributed by atoms with van der Waals surface area (Å²) in [4.78, 5) is 6.99. The van der Waals surface area contributed by atoms with Crippen molar-refractivity contribution < 1.29 is 0 Å². The van der Waals surface area contributed by atoms with E-state index in [4.69, 9.17) is 4.99 Å². The number of hydrogen-bond donors (Lipinski definition) is 2. The van der Waals surface area contributed by atoms with Crippen LogP contribution in [0, 0.1) is 5.92 Å². The van der Waals surface area contributed by atoms with Gasteiger partial charge in [-0.15, -0.1) is 24.0 Å². The molecule has 1 rings (SSSR count). The Morgan fingerprint density at radius 3 is 2.44 bits per heavy atom. The van der Waals surface area contributed by atoms with Crippen LogP contribution in [0.15, 0.2) is 17.4 Å². The number of guanidine groups is 1. The molecule has 6 nitrogen and oxygen atoms in total. The second-order valence-electron chi connectivity index (χ2n) is 7.16. The van der Waals surface area contributed by atoms with Gasteiger partial charge in [-0.3, -0.25) is 9.67 Å². The first-order valence-electron chi connectivity index (χ1n) is 9.03. The van der Waals surface area contributed by atoms with Crippen molar-refractivity contribution in [3.8, 4) is 0 Å². The molecule has 0 aliphatic rings. The molecule has 0 fully saturated rings. The lowest BCUT2D eigenvalue weighted by atomic mass is 10.0. The second-order valence-corrected chi connectivity index (χ2v) is 7.16. The number of aryl methyl sites for hydroxylation is 1. The van der Waals surface area contributed by atoms with Gasteiger partial charge in [0.25, 0.3) is 0 Å². The van der Waals surface area contributed by atoms with Crippen molar-refractivity contribution in [1.82, 2.24) is 25.3 Å². The first-order valence-corrected chi connectivity index (χ1v) is 9.03. The minimum atomic E-state index is 0. The van der Waals surface area contributed by atoms with Crippen LogP contribution in [0.3, 0.4) is 0 Å². The topological polar surface area (TPSA) is 57.5 Å². The summed E-state index contributed by atoms with van der Waals surface area (Å²) in [5.41, 5.74) is 1.19. The van der Waals surface area contributed by atoms with Gasteiger partial charge >= 0.3 is 0 Å². The quantitative estimate of drug-likeness (QED) is 0.335. The summed E-state index contributed by atoms with van der Waals surface area (Å²) in [5.74, 6) is 1.63. The Bertz CT molecular complexity index is 498. The lowest BCUT2D eigenvalue weighted by Gasteiger charge is -2.23. The lowest BCUT2D eigenvalue weighted by Crippen LogP contribution is -2.42. The molecule has 0 spiro atoms. The minimum absolute atomic E-state index is 0. The van der Waals surface area contributed by atoms with E-state index in [2.05, 4.69) is 68.6 Å². The fourth-order valence-corrected chi connectivity index (χ4v) is 2.57. The number of likely N-dealkylation sites (N-methyl/N-ethyl adjacent to an activating group) is 1. The van der Waals surface area contributed by atoms with Gasteiger partial charge in [0.05, 0.1) is 18.8 Å². The van der Waals surface area contributed by atoms with Gasteiger partial charge in [-0.25, -0.2) is 0 Å². The first kappa shape index (κ1) is 24.2. The van der Waals surface area contributed by atoms with E-state index in [0.29, 0.717) is 12.6 Å². The Morgan fingerprint density at radius 1 is 1.28 bits per heavy atom. The Kier molecular flexibility index (Phi) is 12.1. The van der Waals surface area contributed by atoms with Gasteiger partial charge in [-0.2, -0.15) is 5.10 Å². The molecule has 0 radical (unpaired) electrons. The molecular formula is C18H37IN6. The van der Waals surface area contributed by atoms with Crippen LogP contribution in [0.5, 0.6) is 0 Å². The number of halogens is 1. The molecule has 0 aliphatic heterocycles. The van der Waals surface area contributed by atoms with Crippen LogP contribution in [0.4, 0.5) is 0 Å². The van der Waals surface area contributed by atoms with Crippen LogP contribution in [-0.2, 0) is 7.05 Å². The zero-order valence-corrected chi connectivity index (χ0v) is 19.2. The summed E-state index contributed by atoms with van der Waals surface area (Å²) in [7, 11) is 6.11. The third-order valence-electron chi connectivity index (χ3n) is 4.06. The van der Waals surface area contributed by atoms with Crippen LogP contribution < -0.4 is 10.6 Å². The zero-order chi connectivity index (χ0) is 18.1. The van der Waals surface area contributed by atoms with E-state index in [9.17, 15) is 0 Å². The SMILES string of the molecule is CCNC(=NCC(c1cnn(C)c1)N(C)C)NC(C)CCC(C)C.I. The number of hydrogen-bond acceptors (Lipinski definition) is 3. The average molecular weight is 464 g/mol. The molecule has 2 unspecified atom stereocenters. The summed E-state index contributed by atoms with van der Waals surface area (Å²) in [6.45, 7) is 10.4. The number of aliphatic imine (C=N–C) groups is 1. The Labute approximate surface area is 170 Å². The molecule has 2 N–H and O–H groups in total. The minimum Gasteiger partial charge on any atom is -0.357 e. The standard InChI is InChI=1S/C18H36N6.HI/c1-8-19-18(22-15(4)10-9-14(2)3)20-12-17(23(5)6)16-11-21-24(7)13-16;/h11,13-15,17H,8-10,12H2,1-7H3,(H2,19,20,22);1H. The van der Waals surface area contributed by atoms with Crippen molar-refractivity contribution in [2.45, 2.75) is 52.6 Å². The number of nitrogens with one attached hydrogen (secondary N) is 2. The van der Waals surface area contributed by atoms with Crippen LogP contribution in [0.25, 0.3) is 0 Å². The molecule has 0 aliphatic carbocycles. The Balaban J connectivity index is 0.00000576. The Hall–Kier alpha value is -0.830. The van der Waals surface area contributed by atoms with Crippen LogP contribution in [0.1, 0.15) is 52.1 Å². The summed E-state index contributed by atoms with van der Waals surface area (Å²) in [6.07, 6.45) is 6.36. The molecule has 0 bridgehead atoms. The summed E-state index contributed by atoms with van der Waals surface area (Å²) >= 11 is 0. The van der Waals surface area contributed by atoms with Gasteiger partial charge in [0, 0.05) is 31.4 Å². The molecule has 0 amide bonds. The van der Waals surface area contributed by atoms with Gasteiger partial charge < -0.3 is 15.5 Å². The molecule has 0 saturated heterocycles. The van der Waals surface area contributed by atoms with E-state index in [1.807, 2.05) is 17.9 Å². The number of rotatable bonds is 9. The van der Waals surface area contributed by atoms with Crippen molar-refractivity contribution in [3.63, 3.8) is 0 Å². The smallest absolute Gasteiger partial charge is 0.191 e. The highest BCUT2D eigenvalue weighted by Gasteiger charge is 2.16. The van der Waals surface area contributed by atoms with Crippen molar-refractivity contribution in [2.24, 2.45) is 18.0 Å². The lowest BCUT2D eigenvalue weighted by molar-refractivity contribution is 0.306. The van der Waals surface area contributed by atoms with Crippen molar-refractivity contribution >= 4 is 29.9 Å². The Morgan fingerprint density at radius 2 is 1.96 bits per heavy atom. The predicted octanol–water partition coefficient (Wildman–Crippen LogP) is 3.02. The molecule has 146 valence electrons. The number of aromatic nitrogens is 2. The highest BCUT2D eigenvalue weighted by atomic mass is 127. The maximum absolute atomic E-state index is 4.80. The van der Waals surface area contributed by atoms with E-state index < -0.39 is 0 Å². The maximum Gasteiger partial charge on any atom is 0.191 e. The first-order chi connectivity index (χ1) is 11.3. The van der Waals surface area contributed by atoms with E-state index >= 15 is 0 Å². The van der Waals surface area contributed by atoms with Gasteiger partial charge in [-0.05, 0) is 46.7 Å². The van der Waals surface area contributed by atoms with E-state index in [1.165, 1.54) is 12.0 Å². The van der Waals surface area contributed by atoms with Gasteiger partial charge in [0.2, 0.25) is 0 Å². The van der Waals surface area contributed by atoms with E-state index in [0.717, 1.165) is 24.8 Å². The number of nitrogens with zero attached hydrogens (tertiary/aromatic N) is 4. The average Bonchev–Trinajstić information content (AvgIpc) is 2.91. The summed E-state index contributed by atoms with van der Waals surface area (Å²) < 4.78 is 1.84. The normalized spacial score (nSPS) is 14.4. The van der Waals surface area contributed by atoms with Crippen molar-refractivity contribution in [2.75, 3.05) is 27.2 Å². The molecule has 0 saturated carbocycles. The van der Waals surface area contributed by atoms with Crippen molar-refractivity contribution in [3.05, 3.63) is 18.0 Å². The maximum atomic E-state index is 4.80. The molecule has 7 heteroatoms. The molecule has 25 heavy (non-hydrogen) atoms.